The van der Waals surface area contributed by atoms with Crippen molar-refractivity contribution in [2.45, 2.75) is 68.8 Å². The summed E-state index contributed by atoms with van der Waals surface area (Å²) < 4.78 is 41.2. The van der Waals surface area contributed by atoms with Crippen molar-refractivity contribution in [1.29, 1.82) is 0 Å². The average molecular weight is 447 g/mol. The summed E-state index contributed by atoms with van der Waals surface area (Å²) in [5.41, 5.74) is 1.20. The minimum atomic E-state index is -3.90. The van der Waals surface area contributed by atoms with Crippen molar-refractivity contribution in [1.82, 2.24) is 9.62 Å². The van der Waals surface area contributed by atoms with E-state index < -0.39 is 15.8 Å². The van der Waals surface area contributed by atoms with Crippen molar-refractivity contribution in [3.8, 4) is 0 Å². The summed E-state index contributed by atoms with van der Waals surface area (Å²) in [5.74, 6) is -0.801. The fourth-order valence-electron chi connectivity index (χ4n) is 4.08. The molecule has 1 amide bonds. The molecule has 2 aromatic carbocycles. The van der Waals surface area contributed by atoms with Crippen LogP contribution in [-0.2, 0) is 21.2 Å². The molecule has 1 N–H and O–H groups in total. The van der Waals surface area contributed by atoms with Gasteiger partial charge in [-0.1, -0.05) is 49.6 Å². The average Bonchev–Trinajstić information content (AvgIpc) is 2.77. The first-order valence-electron chi connectivity index (χ1n) is 11.0. The molecule has 2 aromatic rings. The fourth-order valence-corrected chi connectivity index (χ4v) is 5.72. The lowest BCUT2D eigenvalue weighted by Gasteiger charge is -2.33. The highest BCUT2D eigenvalue weighted by Crippen LogP contribution is 2.27. The molecule has 1 aliphatic rings. The maximum atomic E-state index is 13.3. The molecule has 0 spiro atoms. The smallest absolute Gasteiger partial charge is 0.243 e. The van der Waals surface area contributed by atoms with E-state index in [2.05, 4.69) is 17.4 Å². The zero-order chi connectivity index (χ0) is 22.3. The lowest BCUT2D eigenvalue weighted by molar-refractivity contribution is -0.122. The molecule has 0 aromatic heterocycles. The van der Waals surface area contributed by atoms with Crippen molar-refractivity contribution >= 4 is 15.9 Å². The van der Waals surface area contributed by atoms with E-state index >= 15 is 0 Å². The monoisotopic (exact) mass is 446 g/mol. The normalized spacial score (nSPS) is 16.2. The van der Waals surface area contributed by atoms with Crippen LogP contribution in [0, 0.1) is 5.82 Å². The number of hydrogen-bond donors (Lipinski definition) is 1. The Hall–Kier alpha value is -2.25. The van der Waals surface area contributed by atoms with E-state index in [0.717, 1.165) is 57.1 Å². The molecule has 1 fully saturated rings. The van der Waals surface area contributed by atoms with Gasteiger partial charge in [-0.25, -0.2) is 12.8 Å². The highest BCUT2D eigenvalue weighted by molar-refractivity contribution is 7.89. The SMILES string of the molecule is C[C@H](CCc1ccccc1)NC(=O)CN(C1CCCCC1)S(=O)(=O)c1ccc(F)cc1. The minimum absolute atomic E-state index is 0.0180. The van der Waals surface area contributed by atoms with Crippen molar-refractivity contribution in [2.75, 3.05) is 6.54 Å². The summed E-state index contributed by atoms with van der Waals surface area (Å²) in [7, 11) is -3.90. The summed E-state index contributed by atoms with van der Waals surface area (Å²) in [6, 6.07) is 14.6. The second kappa shape index (κ2) is 10.9. The van der Waals surface area contributed by atoms with Crippen molar-refractivity contribution in [3.63, 3.8) is 0 Å². The number of rotatable bonds is 9. The van der Waals surface area contributed by atoms with E-state index in [1.807, 2.05) is 25.1 Å². The van der Waals surface area contributed by atoms with Crippen LogP contribution in [0.15, 0.2) is 59.5 Å². The largest absolute Gasteiger partial charge is 0.352 e. The molecular weight excluding hydrogens is 415 g/mol. The molecule has 1 atom stereocenters. The predicted molar refractivity (Wildman–Crippen MR) is 120 cm³/mol. The van der Waals surface area contributed by atoms with Crippen LogP contribution in [0.5, 0.6) is 0 Å². The van der Waals surface area contributed by atoms with Crippen LogP contribution in [0.2, 0.25) is 0 Å². The number of nitrogens with zero attached hydrogens (tertiary/aromatic N) is 1. The third kappa shape index (κ3) is 6.61. The summed E-state index contributed by atoms with van der Waals surface area (Å²) in [4.78, 5) is 12.8. The first kappa shape index (κ1) is 23.4. The number of amides is 1. The molecule has 1 saturated carbocycles. The molecule has 0 bridgehead atoms. The standard InChI is InChI=1S/C24H31FN2O3S/c1-19(12-13-20-8-4-2-5-9-20)26-24(28)18-27(22-10-6-3-7-11-22)31(29,30)23-16-14-21(25)15-17-23/h2,4-5,8-9,14-17,19,22H,3,6-7,10-13,18H2,1H3,(H,26,28)/t19-/m1/s1. The number of halogens is 1. The number of benzene rings is 2. The Kier molecular flexibility index (Phi) is 8.21. The van der Waals surface area contributed by atoms with Crippen LogP contribution in [0.3, 0.4) is 0 Å². The Morgan fingerprint density at radius 3 is 2.35 bits per heavy atom. The molecule has 5 nitrogen and oxygen atoms in total. The molecule has 0 saturated heterocycles. The Morgan fingerprint density at radius 1 is 1.06 bits per heavy atom. The van der Waals surface area contributed by atoms with Gasteiger partial charge in [-0.3, -0.25) is 4.79 Å². The van der Waals surface area contributed by atoms with Crippen LogP contribution in [-0.4, -0.2) is 37.3 Å². The molecule has 0 radical (unpaired) electrons. The van der Waals surface area contributed by atoms with Crippen molar-refractivity contribution < 1.29 is 17.6 Å². The molecular formula is C24H31FN2O3S. The fraction of sp³-hybridized carbons (Fsp3) is 0.458. The van der Waals surface area contributed by atoms with E-state index in [4.69, 9.17) is 0 Å². The molecule has 31 heavy (non-hydrogen) atoms. The Morgan fingerprint density at radius 2 is 1.71 bits per heavy atom. The van der Waals surface area contributed by atoms with Crippen LogP contribution >= 0.6 is 0 Å². The summed E-state index contributed by atoms with van der Waals surface area (Å²) in [6.07, 6.45) is 6.02. The maximum Gasteiger partial charge on any atom is 0.243 e. The number of hydrogen-bond acceptors (Lipinski definition) is 3. The van der Waals surface area contributed by atoms with Gasteiger partial charge in [-0.15, -0.1) is 0 Å². The van der Waals surface area contributed by atoms with Gasteiger partial charge in [0.1, 0.15) is 5.82 Å². The third-order valence-corrected chi connectivity index (χ3v) is 7.73. The molecule has 3 rings (SSSR count). The number of nitrogens with one attached hydrogen (secondary N) is 1. The van der Waals surface area contributed by atoms with Crippen molar-refractivity contribution in [2.24, 2.45) is 0 Å². The van der Waals surface area contributed by atoms with E-state index in [1.54, 1.807) is 0 Å². The van der Waals surface area contributed by atoms with Crippen LogP contribution in [0.25, 0.3) is 0 Å². The van der Waals surface area contributed by atoms with Gasteiger partial charge in [-0.05, 0) is 62.4 Å². The lowest BCUT2D eigenvalue weighted by atomic mass is 9.95. The molecule has 1 aliphatic carbocycles. The van der Waals surface area contributed by atoms with Crippen LogP contribution < -0.4 is 5.32 Å². The van der Waals surface area contributed by atoms with Crippen LogP contribution in [0.1, 0.15) is 51.0 Å². The summed E-state index contributed by atoms with van der Waals surface area (Å²) >= 11 is 0. The van der Waals surface area contributed by atoms with Gasteiger partial charge in [0.2, 0.25) is 15.9 Å². The molecule has 0 unspecified atom stereocenters. The predicted octanol–water partition coefficient (Wildman–Crippen LogP) is 4.29. The van der Waals surface area contributed by atoms with E-state index in [0.29, 0.717) is 0 Å². The second-order valence-electron chi connectivity index (χ2n) is 8.29. The summed E-state index contributed by atoms with van der Waals surface area (Å²) in [6.45, 7) is 1.71. The van der Waals surface area contributed by atoms with Gasteiger partial charge >= 0.3 is 0 Å². The molecule has 0 aliphatic heterocycles. The highest BCUT2D eigenvalue weighted by Gasteiger charge is 2.34. The first-order chi connectivity index (χ1) is 14.9. The van der Waals surface area contributed by atoms with E-state index in [1.165, 1.54) is 22.0 Å². The van der Waals surface area contributed by atoms with Gasteiger partial charge in [0.05, 0.1) is 11.4 Å². The lowest BCUT2D eigenvalue weighted by Crippen LogP contribution is -2.48. The van der Waals surface area contributed by atoms with Gasteiger partial charge in [0, 0.05) is 12.1 Å². The maximum absolute atomic E-state index is 13.3. The molecule has 168 valence electrons. The minimum Gasteiger partial charge on any atom is -0.352 e. The van der Waals surface area contributed by atoms with E-state index in [-0.39, 0.29) is 29.4 Å². The van der Waals surface area contributed by atoms with Gasteiger partial charge in [-0.2, -0.15) is 4.31 Å². The Bertz CT molecular complexity index is 943. The zero-order valence-corrected chi connectivity index (χ0v) is 18.8. The van der Waals surface area contributed by atoms with Crippen molar-refractivity contribution in [3.05, 3.63) is 66.0 Å². The van der Waals surface area contributed by atoms with Crippen LogP contribution in [0.4, 0.5) is 4.39 Å². The highest BCUT2D eigenvalue weighted by atomic mass is 32.2. The van der Waals surface area contributed by atoms with E-state index in [9.17, 15) is 17.6 Å². The number of carbonyl (C=O) groups is 1. The second-order valence-corrected chi connectivity index (χ2v) is 10.2. The third-order valence-electron chi connectivity index (χ3n) is 5.82. The quantitative estimate of drug-likeness (QED) is 0.625. The molecule has 0 heterocycles. The Balaban J connectivity index is 1.67. The first-order valence-corrected chi connectivity index (χ1v) is 12.4. The summed E-state index contributed by atoms with van der Waals surface area (Å²) in [5, 5.41) is 2.95. The topological polar surface area (TPSA) is 66.5 Å². The number of sulfonamides is 1. The van der Waals surface area contributed by atoms with Gasteiger partial charge in [0.25, 0.3) is 0 Å². The Labute approximate surface area is 184 Å². The number of carbonyl (C=O) groups excluding carboxylic acids is 1. The van der Waals surface area contributed by atoms with Gasteiger partial charge in [0.15, 0.2) is 0 Å². The zero-order valence-electron chi connectivity index (χ0n) is 18.0. The number of aryl methyl sites for hydroxylation is 1. The molecule has 7 heteroatoms. The van der Waals surface area contributed by atoms with Gasteiger partial charge < -0.3 is 5.32 Å².